The normalized spacial score (nSPS) is 12.0. The van der Waals surface area contributed by atoms with Crippen LogP contribution in [-0.4, -0.2) is 35.7 Å². The first-order valence-electron chi connectivity index (χ1n) is 10.9. The number of allylic oxidation sites excluding steroid dienone is 1. The van der Waals surface area contributed by atoms with Gasteiger partial charge in [-0.3, -0.25) is 14.6 Å². The fourth-order valence-corrected chi connectivity index (χ4v) is 3.41. The standard InChI is InChI=1S/C25H28N6O4/c1-15(29-24(33)22-21(27)23(32)31-25(34)30-22)17-4-3-5-18(12-17)19(13-26)14-28-11-10-16-6-8-20(35-2)9-7-16/h3-9,12-15,26,28H,10-11,27H2,1-2H3,(H,29,33)(H2,30,31,32,34)/b19-14+,26-13?/t15-/m1/s1. The minimum atomic E-state index is -0.825. The summed E-state index contributed by atoms with van der Waals surface area (Å²) in [6.45, 7) is 2.45. The predicted molar refractivity (Wildman–Crippen MR) is 136 cm³/mol. The number of carbonyl (C=O) groups excluding carboxylic acids is 1. The second-order valence-corrected chi connectivity index (χ2v) is 7.81. The predicted octanol–water partition coefficient (Wildman–Crippen LogP) is 1.97. The molecule has 0 unspecified atom stereocenters. The maximum Gasteiger partial charge on any atom is 0.326 e. The molecule has 182 valence electrons. The number of rotatable bonds is 10. The topological polar surface area (TPSA) is 166 Å². The summed E-state index contributed by atoms with van der Waals surface area (Å²) in [7, 11) is 1.63. The molecule has 0 aliphatic rings. The molecule has 0 spiro atoms. The van der Waals surface area contributed by atoms with Crippen LogP contribution in [0.3, 0.4) is 0 Å². The van der Waals surface area contributed by atoms with Crippen molar-refractivity contribution in [2.75, 3.05) is 19.4 Å². The second kappa shape index (κ2) is 11.5. The van der Waals surface area contributed by atoms with Crippen LogP contribution in [0.25, 0.3) is 5.57 Å². The van der Waals surface area contributed by atoms with Gasteiger partial charge >= 0.3 is 5.69 Å². The van der Waals surface area contributed by atoms with Crippen LogP contribution >= 0.6 is 0 Å². The highest BCUT2D eigenvalue weighted by Crippen LogP contribution is 2.19. The lowest BCUT2D eigenvalue weighted by molar-refractivity contribution is 0.0935. The van der Waals surface area contributed by atoms with Gasteiger partial charge in [0.15, 0.2) is 0 Å². The van der Waals surface area contributed by atoms with E-state index in [0.717, 1.165) is 28.9 Å². The molecule has 7 N–H and O–H groups in total. The van der Waals surface area contributed by atoms with Crippen molar-refractivity contribution in [2.24, 2.45) is 0 Å². The van der Waals surface area contributed by atoms with Crippen molar-refractivity contribution in [3.63, 3.8) is 0 Å². The van der Waals surface area contributed by atoms with Gasteiger partial charge in [0, 0.05) is 24.5 Å². The number of aromatic nitrogens is 2. The lowest BCUT2D eigenvalue weighted by atomic mass is 10.0. The molecule has 0 saturated heterocycles. The molecule has 3 rings (SSSR count). The summed E-state index contributed by atoms with van der Waals surface area (Å²) in [4.78, 5) is 40.0. The summed E-state index contributed by atoms with van der Waals surface area (Å²) in [5.74, 6) is 0.138. The fraction of sp³-hybridized carbons (Fsp3) is 0.200. The monoisotopic (exact) mass is 476 g/mol. The largest absolute Gasteiger partial charge is 0.497 e. The summed E-state index contributed by atoms with van der Waals surface area (Å²) in [5.41, 5.74) is 6.74. The Morgan fingerprint density at radius 2 is 1.91 bits per heavy atom. The number of nitrogen functional groups attached to an aromatic ring is 1. The van der Waals surface area contributed by atoms with E-state index in [1.807, 2.05) is 53.5 Å². The van der Waals surface area contributed by atoms with E-state index >= 15 is 0 Å². The van der Waals surface area contributed by atoms with Gasteiger partial charge in [-0.2, -0.15) is 0 Å². The molecule has 10 nitrogen and oxygen atoms in total. The highest BCUT2D eigenvalue weighted by Gasteiger charge is 2.17. The molecule has 2 aromatic carbocycles. The van der Waals surface area contributed by atoms with Gasteiger partial charge in [0.1, 0.15) is 17.1 Å². The molecule has 0 aliphatic heterocycles. The van der Waals surface area contributed by atoms with E-state index in [1.165, 1.54) is 6.21 Å². The minimum absolute atomic E-state index is 0.289. The molecular formula is C25H28N6O4. The number of anilines is 1. The first-order valence-corrected chi connectivity index (χ1v) is 10.9. The number of nitrogens with two attached hydrogens (primary N) is 1. The van der Waals surface area contributed by atoms with Crippen LogP contribution in [0.4, 0.5) is 5.69 Å². The molecule has 1 atom stereocenters. The highest BCUT2D eigenvalue weighted by molar-refractivity contribution is 6.08. The van der Waals surface area contributed by atoms with Crippen molar-refractivity contribution in [3.05, 3.63) is 98.0 Å². The quantitative estimate of drug-likeness (QED) is 0.193. The summed E-state index contributed by atoms with van der Waals surface area (Å²) < 4.78 is 5.17. The van der Waals surface area contributed by atoms with Gasteiger partial charge in [0.2, 0.25) is 0 Å². The van der Waals surface area contributed by atoms with Crippen LogP contribution < -0.4 is 32.4 Å². The van der Waals surface area contributed by atoms with E-state index in [2.05, 4.69) is 15.6 Å². The minimum Gasteiger partial charge on any atom is -0.497 e. The first kappa shape index (κ1) is 25.0. The van der Waals surface area contributed by atoms with Gasteiger partial charge in [-0.25, -0.2) is 4.79 Å². The van der Waals surface area contributed by atoms with Crippen LogP contribution in [-0.2, 0) is 6.42 Å². The van der Waals surface area contributed by atoms with E-state index < -0.39 is 23.2 Å². The first-order chi connectivity index (χ1) is 16.8. The maximum absolute atomic E-state index is 12.6. The molecule has 1 amide bonds. The molecular weight excluding hydrogens is 448 g/mol. The van der Waals surface area contributed by atoms with Crippen LogP contribution in [0.15, 0.2) is 64.3 Å². The van der Waals surface area contributed by atoms with Gasteiger partial charge in [-0.1, -0.05) is 30.3 Å². The van der Waals surface area contributed by atoms with Crippen LogP contribution in [0.1, 0.15) is 40.1 Å². The molecule has 35 heavy (non-hydrogen) atoms. The number of H-pyrrole nitrogens is 2. The third-order valence-electron chi connectivity index (χ3n) is 5.40. The molecule has 0 bridgehead atoms. The van der Waals surface area contributed by atoms with Crippen molar-refractivity contribution >= 4 is 23.4 Å². The summed E-state index contributed by atoms with van der Waals surface area (Å²) in [6, 6.07) is 14.8. The van der Waals surface area contributed by atoms with Gasteiger partial charge in [-0.15, -0.1) is 0 Å². The average molecular weight is 477 g/mol. The summed E-state index contributed by atoms with van der Waals surface area (Å²) in [5, 5.41) is 13.8. The zero-order valence-corrected chi connectivity index (χ0v) is 19.5. The summed E-state index contributed by atoms with van der Waals surface area (Å²) >= 11 is 0. The molecule has 0 radical (unpaired) electrons. The number of benzene rings is 2. The zero-order chi connectivity index (χ0) is 25.4. The van der Waals surface area contributed by atoms with Gasteiger partial charge < -0.3 is 31.5 Å². The second-order valence-electron chi connectivity index (χ2n) is 7.81. The number of ether oxygens (including phenoxy) is 1. The van der Waals surface area contributed by atoms with Gasteiger partial charge in [-0.05, 0) is 48.2 Å². The smallest absolute Gasteiger partial charge is 0.326 e. The Morgan fingerprint density at radius 1 is 1.17 bits per heavy atom. The van der Waals surface area contributed by atoms with Crippen LogP contribution in [0.2, 0.25) is 0 Å². The number of hydrogen-bond acceptors (Lipinski definition) is 7. The van der Waals surface area contributed by atoms with Crippen molar-refractivity contribution in [3.8, 4) is 5.75 Å². The lowest BCUT2D eigenvalue weighted by Crippen LogP contribution is -2.34. The number of amides is 1. The zero-order valence-electron chi connectivity index (χ0n) is 19.5. The lowest BCUT2D eigenvalue weighted by Gasteiger charge is -2.16. The molecule has 10 heteroatoms. The van der Waals surface area contributed by atoms with E-state index in [0.29, 0.717) is 12.1 Å². The van der Waals surface area contributed by atoms with E-state index in [9.17, 15) is 14.4 Å². The molecule has 0 saturated carbocycles. The Kier molecular flexibility index (Phi) is 8.23. The molecule has 0 fully saturated rings. The van der Waals surface area contributed by atoms with Crippen LogP contribution in [0.5, 0.6) is 5.75 Å². The Balaban J connectivity index is 1.66. The molecule has 1 aromatic heterocycles. The van der Waals surface area contributed by atoms with E-state index in [-0.39, 0.29) is 11.4 Å². The Labute approximate surface area is 201 Å². The highest BCUT2D eigenvalue weighted by atomic mass is 16.5. The summed E-state index contributed by atoms with van der Waals surface area (Å²) in [6.07, 6.45) is 3.84. The Bertz CT molecular complexity index is 1340. The number of hydrogen-bond donors (Lipinski definition) is 6. The van der Waals surface area contributed by atoms with Gasteiger partial charge in [0.05, 0.1) is 13.2 Å². The fourth-order valence-electron chi connectivity index (χ4n) is 3.41. The third kappa shape index (κ3) is 6.47. The van der Waals surface area contributed by atoms with Gasteiger partial charge in [0.25, 0.3) is 11.5 Å². The Morgan fingerprint density at radius 3 is 2.60 bits per heavy atom. The van der Waals surface area contributed by atoms with E-state index in [1.54, 1.807) is 20.2 Å². The van der Waals surface area contributed by atoms with E-state index in [4.69, 9.17) is 15.9 Å². The third-order valence-corrected chi connectivity index (χ3v) is 5.40. The van der Waals surface area contributed by atoms with Crippen molar-refractivity contribution < 1.29 is 9.53 Å². The Hall–Kier alpha value is -4.60. The maximum atomic E-state index is 12.6. The number of nitrogens with one attached hydrogen (secondary N) is 5. The SMILES string of the molecule is COc1ccc(CCN/C=C(\C=N)c2cccc([C@@H](C)NC(=O)c3[nH]c(=O)[nH]c(=O)c3N)c2)cc1. The van der Waals surface area contributed by atoms with Crippen molar-refractivity contribution in [1.29, 1.82) is 5.41 Å². The number of methoxy groups -OCH3 is 1. The average Bonchev–Trinajstić information content (AvgIpc) is 2.86. The van der Waals surface area contributed by atoms with Crippen LogP contribution in [0, 0.1) is 5.41 Å². The molecule has 3 aromatic rings. The van der Waals surface area contributed by atoms with Crippen molar-refractivity contribution in [2.45, 2.75) is 19.4 Å². The van der Waals surface area contributed by atoms with Crippen molar-refractivity contribution in [1.82, 2.24) is 20.6 Å². The number of aromatic amines is 2. The molecule has 0 aliphatic carbocycles. The molecule has 1 heterocycles. The number of carbonyl (C=O) groups is 1.